The Kier molecular flexibility index (Phi) is 10.3. The van der Waals surface area contributed by atoms with Crippen LogP contribution < -0.4 is 15.4 Å². The van der Waals surface area contributed by atoms with E-state index >= 15 is 0 Å². The molecule has 1 unspecified atom stereocenters. The van der Waals surface area contributed by atoms with Crippen molar-refractivity contribution in [2.24, 2.45) is 0 Å². The Morgan fingerprint density at radius 1 is 0.806 bits per heavy atom. The van der Waals surface area contributed by atoms with Gasteiger partial charge < -0.3 is 30.3 Å². The van der Waals surface area contributed by atoms with Gasteiger partial charge in [0.2, 0.25) is 5.91 Å². The van der Waals surface area contributed by atoms with E-state index in [1.54, 1.807) is 12.1 Å². The summed E-state index contributed by atoms with van der Waals surface area (Å²) in [4.78, 5) is 25.4. The van der Waals surface area contributed by atoms with Crippen LogP contribution in [0.5, 0.6) is 5.75 Å². The van der Waals surface area contributed by atoms with Crippen molar-refractivity contribution in [2.75, 3.05) is 6.61 Å². The molecule has 8 heteroatoms. The summed E-state index contributed by atoms with van der Waals surface area (Å²) in [6.07, 6.45) is -1.55. The second-order valence-corrected chi connectivity index (χ2v) is 8.42. The van der Waals surface area contributed by atoms with Crippen molar-refractivity contribution < 1.29 is 29.3 Å². The number of alkyl carbamates (subject to hydrolysis) is 1. The fraction of sp³-hybridized carbons (Fsp3) is 0.286. The van der Waals surface area contributed by atoms with Crippen molar-refractivity contribution in [2.45, 2.75) is 44.7 Å². The van der Waals surface area contributed by atoms with Gasteiger partial charge >= 0.3 is 6.09 Å². The lowest BCUT2D eigenvalue weighted by atomic mass is 10.0. The molecule has 0 saturated carbocycles. The third-order valence-corrected chi connectivity index (χ3v) is 5.54. The minimum Gasteiger partial charge on any atom is -0.489 e. The Morgan fingerprint density at radius 3 is 1.94 bits per heavy atom. The van der Waals surface area contributed by atoms with E-state index in [2.05, 4.69) is 10.6 Å². The van der Waals surface area contributed by atoms with Gasteiger partial charge in [-0.15, -0.1) is 0 Å². The maximum absolute atomic E-state index is 12.9. The molecule has 0 saturated heterocycles. The van der Waals surface area contributed by atoms with E-state index in [4.69, 9.17) is 9.47 Å². The molecule has 2 amide bonds. The van der Waals surface area contributed by atoms with Gasteiger partial charge in [-0.25, -0.2) is 4.79 Å². The fourth-order valence-corrected chi connectivity index (χ4v) is 3.42. The molecule has 0 spiro atoms. The molecule has 8 nitrogen and oxygen atoms in total. The van der Waals surface area contributed by atoms with Gasteiger partial charge in [-0.2, -0.15) is 0 Å². The molecular weight excluding hydrogens is 460 g/mol. The first-order valence-corrected chi connectivity index (χ1v) is 11.8. The number of hydrogen-bond donors (Lipinski definition) is 4. The lowest BCUT2D eigenvalue weighted by molar-refractivity contribution is -0.125. The number of ether oxygens (including phenoxy) is 2. The van der Waals surface area contributed by atoms with Gasteiger partial charge in [0.15, 0.2) is 0 Å². The van der Waals surface area contributed by atoms with Crippen molar-refractivity contribution in [3.05, 3.63) is 102 Å². The van der Waals surface area contributed by atoms with Gasteiger partial charge in [0.1, 0.15) is 25.0 Å². The second kappa shape index (κ2) is 13.9. The van der Waals surface area contributed by atoms with Gasteiger partial charge in [0, 0.05) is 6.42 Å². The molecule has 0 bridgehead atoms. The predicted octanol–water partition coefficient (Wildman–Crippen LogP) is 2.96. The number of amides is 2. The highest BCUT2D eigenvalue weighted by Gasteiger charge is 2.26. The molecule has 0 radical (unpaired) electrons. The molecule has 3 aromatic rings. The van der Waals surface area contributed by atoms with Crippen LogP contribution in [0.15, 0.2) is 84.9 Å². The van der Waals surface area contributed by atoms with Crippen LogP contribution in [0.1, 0.15) is 23.6 Å². The van der Waals surface area contributed by atoms with E-state index in [-0.39, 0.29) is 13.0 Å². The van der Waals surface area contributed by atoms with Crippen LogP contribution >= 0.6 is 0 Å². The number of aliphatic hydroxyl groups excluding tert-OH is 2. The van der Waals surface area contributed by atoms with Crippen LogP contribution in [-0.4, -0.2) is 47.0 Å². The molecule has 0 fully saturated rings. The van der Waals surface area contributed by atoms with Gasteiger partial charge in [-0.3, -0.25) is 4.79 Å². The normalized spacial score (nSPS) is 13.2. The molecule has 0 aliphatic heterocycles. The van der Waals surface area contributed by atoms with Gasteiger partial charge in [-0.05, 0) is 35.7 Å². The van der Waals surface area contributed by atoms with Crippen LogP contribution in [-0.2, 0) is 29.2 Å². The Balaban J connectivity index is 1.63. The largest absolute Gasteiger partial charge is 0.489 e. The molecule has 3 atom stereocenters. The van der Waals surface area contributed by atoms with Crippen LogP contribution in [0.2, 0.25) is 0 Å². The first kappa shape index (κ1) is 26.7. The molecule has 4 N–H and O–H groups in total. The van der Waals surface area contributed by atoms with Crippen LogP contribution in [0.4, 0.5) is 4.79 Å². The smallest absolute Gasteiger partial charge is 0.408 e. The van der Waals surface area contributed by atoms with Crippen LogP contribution in [0.25, 0.3) is 0 Å². The summed E-state index contributed by atoms with van der Waals surface area (Å²) in [6.45, 7) is 1.51. The molecule has 0 aliphatic carbocycles. The summed E-state index contributed by atoms with van der Waals surface area (Å²) in [7, 11) is 0. The van der Waals surface area contributed by atoms with Crippen molar-refractivity contribution in [3.63, 3.8) is 0 Å². The van der Waals surface area contributed by atoms with Gasteiger partial charge in [0.25, 0.3) is 0 Å². The maximum atomic E-state index is 12.9. The summed E-state index contributed by atoms with van der Waals surface area (Å²) < 4.78 is 11.1. The maximum Gasteiger partial charge on any atom is 0.408 e. The summed E-state index contributed by atoms with van der Waals surface area (Å²) in [5, 5.41) is 24.4. The SMILES string of the molecule is CC(O)[C@@H](CO)NC(=O)[C@H](Cc1ccc(OCc2ccccc2)cc1)NC(=O)OCc1ccccc1. The summed E-state index contributed by atoms with van der Waals surface area (Å²) in [5.74, 6) is 0.129. The number of nitrogens with one attached hydrogen (secondary N) is 2. The lowest BCUT2D eigenvalue weighted by Crippen LogP contribution is -2.54. The quantitative estimate of drug-likeness (QED) is 0.309. The first-order chi connectivity index (χ1) is 17.4. The van der Waals surface area contributed by atoms with E-state index in [1.165, 1.54) is 6.92 Å². The monoisotopic (exact) mass is 492 g/mol. The minimum absolute atomic E-state index is 0.0569. The molecule has 0 aliphatic rings. The summed E-state index contributed by atoms with van der Waals surface area (Å²) in [6, 6.07) is 24.4. The Bertz CT molecular complexity index is 1070. The third-order valence-electron chi connectivity index (χ3n) is 5.54. The Labute approximate surface area is 210 Å². The molecule has 36 heavy (non-hydrogen) atoms. The second-order valence-electron chi connectivity index (χ2n) is 8.42. The highest BCUT2D eigenvalue weighted by Crippen LogP contribution is 2.16. The number of carbonyl (C=O) groups is 2. The van der Waals surface area contributed by atoms with Gasteiger partial charge in [-0.1, -0.05) is 72.8 Å². The zero-order valence-corrected chi connectivity index (χ0v) is 20.2. The molecule has 190 valence electrons. The van der Waals surface area contributed by atoms with E-state index < -0.39 is 36.8 Å². The number of aliphatic hydroxyl groups is 2. The molecular formula is C28H32N2O6. The molecule has 3 aromatic carbocycles. The van der Waals surface area contributed by atoms with Crippen LogP contribution in [0, 0.1) is 0 Å². The third kappa shape index (κ3) is 8.72. The molecule has 0 aromatic heterocycles. The lowest BCUT2D eigenvalue weighted by Gasteiger charge is -2.24. The van der Waals surface area contributed by atoms with E-state index in [0.29, 0.717) is 12.4 Å². The molecule has 0 heterocycles. The number of hydrogen-bond acceptors (Lipinski definition) is 6. The van der Waals surface area contributed by atoms with Crippen molar-refractivity contribution in [1.82, 2.24) is 10.6 Å². The van der Waals surface area contributed by atoms with E-state index in [1.807, 2.05) is 72.8 Å². The zero-order valence-electron chi connectivity index (χ0n) is 20.2. The number of rotatable bonds is 12. The molecule has 3 rings (SSSR count). The average Bonchev–Trinajstić information content (AvgIpc) is 2.90. The van der Waals surface area contributed by atoms with Crippen molar-refractivity contribution >= 4 is 12.0 Å². The highest BCUT2D eigenvalue weighted by molar-refractivity contribution is 5.86. The number of carbonyl (C=O) groups excluding carboxylic acids is 2. The Morgan fingerprint density at radius 2 is 1.39 bits per heavy atom. The van der Waals surface area contributed by atoms with E-state index in [9.17, 15) is 19.8 Å². The van der Waals surface area contributed by atoms with Crippen molar-refractivity contribution in [1.29, 1.82) is 0 Å². The topological polar surface area (TPSA) is 117 Å². The van der Waals surface area contributed by atoms with Crippen molar-refractivity contribution in [3.8, 4) is 5.75 Å². The van der Waals surface area contributed by atoms with Gasteiger partial charge in [0.05, 0.1) is 18.8 Å². The Hall–Kier alpha value is -3.88. The first-order valence-electron chi connectivity index (χ1n) is 11.8. The summed E-state index contributed by atoms with van der Waals surface area (Å²) >= 11 is 0. The number of benzene rings is 3. The summed E-state index contributed by atoms with van der Waals surface area (Å²) in [5.41, 5.74) is 2.64. The fourth-order valence-electron chi connectivity index (χ4n) is 3.42. The zero-order chi connectivity index (χ0) is 25.8. The van der Waals surface area contributed by atoms with Crippen LogP contribution in [0.3, 0.4) is 0 Å². The van der Waals surface area contributed by atoms with E-state index in [0.717, 1.165) is 16.7 Å². The highest BCUT2D eigenvalue weighted by atomic mass is 16.5. The average molecular weight is 493 g/mol. The standard InChI is InChI=1S/C28H32N2O6/c1-20(32)26(17-31)29-27(33)25(30-28(34)36-19-23-10-6-3-7-11-23)16-21-12-14-24(15-13-21)35-18-22-8-4-2-5-9-22/h2-15,20,25-26,31-32H,16-19H2,1H3,(H,29,33)(H,30,34)/t20?,25-,26+/m0/s1. The minimum atomic E-state index is -0.989. The predicted molar refractivity (Wildman–Crippen MR) is 135 cm³/mol.